The second-order valence-electron chi connectivity index (χ2n) is 6.70. The molecule has 0 aliphatic rings. The summed E-state index contributed by atoms with van der Waals surface area (Å²) in [5.41, 5.74) is 0.824. The van der Waals surface area contributed by atoms with Crippen molar-refractivity contribution in [1.29, 1.82) is 0 Å². The first-order chi connectivity index (χ1) is 11.9. The van der Waals surface area contributed by atoms with E-state index in [1.165, 1.54) is 13.3 Å². The summed E-state index contributed by atoms with van der Waals surface area (Å²) in [4.78, 5) is 12.5. The number of hydrogen-bond acceptors (Lipinski definition) is 4. The Morgan fingerprint density at radius 2 is 1.60 bits per heavy atom. The molecule has 0 spiro atoms. The van der Waals surface area contributed by atoms with Gasteiger partial charge in [0.15, 0.2) is 14.6 Å². The molecule has 1 aromatic rings. The maximum Gasteiger partial charge on any atom is 0.327 e. The van der Waals surface area contributed by atoms with Gasteiger partial charge in [-0.05, 0) is 25.8 Å². The molecule has 4 nitrogen and oxygen atoms in total. The Kier molecular flexibility index (Phi) is 9.19. The first-order valence-electron chi connectivity index (χ1n) is 9.31. The Hall–Kier alpha value is -1.36. The highest BCUT2D eigenvalue weighted by molar-refractivity contribution is 7.93. The largest absolute Gasteiger partial charge is 0.465 e. The van der Waals surface area contributed by atoms with Gasteiger partial charge in [-0.1, -0.05) is 69.4 Å². The molecule has 0 bridgehead atoms. The van der Waals surface area contributed by atoms with Gasteiger partial charge in [0.2, 0.25) is 0 Å². The van der Waals surface area contributed by atoms with Crippen molar-refractivity contribution in [3.63, 3.8) is 0 Å². The van der Waals surface area contributed by atoms with Gasteiger partial charge in [-0.25, -0.2) is 8.42 Å². The van der Waals surface area contributed by atoms with Gasteiger partial charge in [0.25, 0.3) is 0 Å². The normalized spacial score (nSPS) is 14.0. The van der Waals surface area contributed by atoms with Crippen LogP contribution in [0.15, 0.2) is 30.3 Å². The molecule has 1 atom stereocenters. The fraction of sp³-hybridized carbons (Fsp3) is 0.650. The third kappa shape index (κ3) is 6.46. The highest BCUT2D eigenvalue weighted by Crippen LogP contribution is 2.27. The van der Waals surface area contributed by atoms with Crippen molar-refractivity contribution in [3.05, 3.63) is 35.9 Å². The van der Waals surface area contributed by atoms with E-state index in [1.54, 1.807) is 6.92 Å². The second kappa shape index (κ2) is 10.6. The van der Waals surface area contributed by atoms with Crippen LogP contribution >= 0.6 is 0 Å². The van der Waals surface area contributed by atoms with Gasteiger partial charge < -0.3 is 4.74 Å². The van der Waals surface area contributed by atoms with Crippen LogP contribution in [0.3, 0.4) is 0 Å². The van der Waals surface area contributed by atoms with Gasteiger partial charge in [0, 0.05) is 6.42 Å². The first-order valence-corrected chi connectivity index (χ1v) is 11.0. The lowest BCUT2D eigenvalue weighted by molar-refractivity contribution is -0.145. The third-order valence-electron chi connectivity index (χ3n) is 4.54. The van der Waals surface area contributed by atoms with E-state index in [0.717, 1.165) is 31.2 Å². The number of rotatable bonds is 12. The first kappa shape index (κ1) is 21.7. The predicted molar refractivity (Wildman–Crippen MR) is 102 cm³/mol. The monoisotopic (exact) mass is 368 g/mol. The van der Waals surface area contributed by atoms with Crippen molar-refractivity contribution in [2.45, 2.75) is 70.5 Å². The van der Waals surface area contributed by atoms with E-state index in [2.05, 4.69) is 6.92 Å². The van der Waals surface area contributed by atoms with E-state index in [-0.39, 0.29) is 18.8 Å². The van der Waals surface area contributed by atoms with Crippen LogP contribution < -0.4 is 0 Å². The molecule has 1 rings (SSSR count). The number of benzene rings is 1. The quantitative estimate of drug-likeness (QED) is 0.407. The minimum absolute atomic E-state index is 0.0290. The number of carbonyl (C=O) groups excluding carboxylic acids is 1. The van der Waals surface area contributed by atoms with Crippen molar-refractivity contribution in [2.24, 2.45) is 0 Å². The SMILES string of the molecule is CCCCCCCCS(=O)(=O)[C@](C)(Cc1ccccc1)C(=O)OCC. The van der Waals surface area contributed by atoms with Gasteiger partial charge >= 0.3 is 5.97 Å². The smallest absolute Gasteiger partial charge is 0.327 e. The molecule has 1 aromatic carbocycles. The van der Waals surface area contributed by atoms with E-state index in [1.807, 2.05) is 30.3 Å². The zero-order chi connectivity index (χ0) is 18.8. The van der Waals surface area contributed by atoms with Crippen molar-refractivity contribution in [2.75, 3.05) is 12.4 Å². The van der Waals surface area contributed by atoms with Crippen LogP contribution in [-0.2, 0) is 25.8 Å². The van der Waals surface area contributed by atoms with E-state index >= 15 is 0 Å². The van der Waals surface area contributed by atoms with Crippen LogP contribution in [0.2, 0.25) is 0 Å². The Balaban J connectivity index is 2.84. The average Bonchev–Trinajstić information content (AvgIpc) is 2.58. The zero-order valence-electron chi connectivity index (χ0n) is 15.8. The van der Waals surface area contributed by atoms with E-state index in [9.17, 15) is 13.2 Å². The summed E-state index contributed by atoms with van der Waals surface area (Å²) in [7, 11) is -3.61. The minimum atomic E-state index is -3.61. The highest BCUT2D eigenvalue weighted by Gasteiger charge is 2.47. The molecule has 0 aromatic heterocycles. The van der Waals surface area contributed by atoms with Crippen LogP contribution in [0.25, 0.3) is 0 Å². The van der Waals surface area contributed by atoms with Gasteiger partial charge in [0.1, 0.15) is 0 Å². The highest BCUT2D eigenvalue weighted by atomic mass is 32.2. The Morgan fingerprint density at radius 3 is 2.20 bits per heavy atom. The van der Waals surface area contributed by atoms with Crippen LogP contribution in [0.5, 0.6) is 0 Å². The lowest BCUT2D eigenvalue weighted by atomic mass is 10.0. The Labute approximate surface area is 152 Å². The molecule has 0 saturated heterocycles. The summed E-state index contributed by atoms with van der Waals surface area (Å²) in [5.74, 6) is -0.619. The zero-order valence-corrected chi connectivity index (χ0v) is 16.6. The molecule has 0 N–H and O–H groups in total. The molecule has 0 aliphatic heterocycles. The number of unbranched alkanes of at least 4 members (excludes halogenated alkanes) is 5. The van der Waals surface area contributed by atoms with Crippen molar-refractivity contribution in [3.8, 4) is 0 Å². The minimum Gasteiger partial charge on any atom is -0.465 e. The number of sulfone groups is 1. The maximum absolute atomic E-state index is 13.0. The van der Waals surface area contributed by atoms with Crippen LogP contribution in [0.4, 0.5) is 0 Å². The number of hydrogen-bond donors (Lipinski definition) is 0. The van der Waals surface area contributed by atoms with Crippen molar-refractivity contribution < 1.29 is 17.9 Å². The standard InChI is InChI=1S/C20H32O4S/c1-4-6-7-8-9-13-16-25(22,23)20(3,19(21)24-5-2)17-18-14-11-10-12-15-18/h10-12,14-15H,4-9,13,16-17H2,1-3H3/t20-/m1/s1. The summed E-state index contributed by atoms with van der Waals surface area (Å²) < 4.78 is 29.5. The van der Waals surface area contributed by atoms with Gasteiger partial charge in [-0.15, -0.1) is 0 Å². The summed E-state index contributed by atoms with van der Waals surface area (Å²) in [6.45, 7) is 5.53. The molecule has 0 aliphatic carbocycles. The summed E-state index contributed by atoms with van der Waals surface area (Å²) in [6, 6.07) is 9.26. The Morgan fingerprint density at radius 1 is 1.00 bits per heavy atom. The molecule has 142 valence electrons. The molecule has 0 amide bonds. The lowest BCUT2D eigenvalue weighted by Gasteiger charge is -2.27. The summed E-state index contributed by atoms with van der Waals surface area (Å²) in [5, 5.41) is 0. The lowest BCUT2D eigenvalue weighted by Crippen LogP contribution is -2.48. The maximum atomic E-state index is 13.0. The molecule has 25 heavy (non-hydrogen) atoms. The number of esters is 1. The average molecular weight is 369 g/mol. The predicted octanol–water partition coefficient (Wildman–Crippen LogP) is 4.33. The molecule has 0 fully saturated rings. The Bertz CT molecular complexity index is 610. The molecular weight excluding hydrogens is 336 g/mol. The van der Waals surface area contributed by atoms with Gasteiger partial charge in [-0.2, -0.15) is 0 Å². The van der Waals surface area contributed by atoms with Gasteiger partial charge in [-0.3, -0.25) is 4.79 Å². The van der Waals surface area contributed by atoms with E-state index < -0.39 is 20.6 Å². The third-order valence-corrected chi connectivity index (χ3v) is 7.05. The summed E-state index contributed by atoms with van der Waals surface area (Å²) >= 11 is 0. The molecule has 0 heterocycles. The molecular formula is C20H32O4S. The molecule has 5 heteroatoms. The second-order valence-corrected chi connectivity index (χ2v) is 9.24. The molecule has 0 radical (unpaired) electrons. The number of ether oxygens (including phenoxy) is 1. The summed E-state index contributed by atoms with van der Waals surface area (Å²) in [6.07, 6.45) is 6.13. The van der Waals surface area contributed by atoms with Gasteiger partial charge in [0.05, 0.1) is 12.4 Å². The number of carbonyl (C=O) groups is 1. The van der Waals surface area contributed by atoms with Crippen LogP contribution in [0.1, 0.15) is 64.9 Å². The fourth-order valence-electron chi connectivity index (χ4n) is 2.88. The topological polar surface area (TPSA) is 60.4 Å². The molecule has 0 unspecified atom stereocenters. The van der Waals surface area contributed by atoms with Crippen molar-refractivity contribution in [1.82, 2.24) is 0 Å². The van der Waals surface area contributed by atoms with E-state index in [4.69, 9.17) is 4.74 Å². The van der Waals surface area contributed by atoms with Crippen LogP contribution in [0, 0.1) is 0 Å². The van der Waals surface area contributed by atoms with Crippen molar-refractivity contribution >= 4 is 15.8 Å². The van der Waals surface area contributed by atoms with Crippen LogP contribution in [-0.4, -0.2) is 31.5 Å². The fourth-order valence-corrected chi connectivity index (χ4v) is 4.61. The van der Waals surface area contributed by atoms with E-state index in [0.29, 0.717) is 6.42 Å². The molecule has 0 saturated carbocycles.